The highest BCUT2D eigenvalue weighted by molar-refractivity contribution is 6.05. The number of nitrogen functional groups attached to an aromatic ring is 2. The molecule has 4 N–H and O–H groups in total. The third kappa shape index (κ3) is 2.88. The Bertz CT molecular complexity index is 1440. The Hall–Kier alpha value is -4.44. The lowest BCUT2D eigenvalue weighted by molar-refractivity contribution is 0.826. The van der Waals surface area contributed by atoms with E-state index in [1.165, 1.54) is 0 Å². The number of nitriles is 1. The number of anilines is 2. The van der Waals surface area contributed by atoms with Crippen molar-refractivity contribution in [2.45, 2.75) is 6.54 Å². The molecule has 0 saturated carbocycles. The van der Waals surface area contributed by atoms with Gasteiger partial charge in [-0.25, -0.2) is 9.97 Å². The van der Waals surface area contributed by atoms with E-state index in [-0.39, 0.29) is 5.95 Å². The highest BCUT2D eigenvalue weighted by Gasteiger charge is 2.12. The zero-order valence-electron chi connectivity index (χ0n) is 15.9. The number of benzene rings is 2. The predicted octanol–water partition coefficient (Wildman–Crippen LogP) is 3.73. The fourth-order valence-electron chi connectivity index (χ4n) is 3.70. The Balaban J connectivity index is 1.50. The Kier molecular flexibility index (Phi) is 4.04. The van der Waals surface area contributed by atoms with Gasteiger partial charge in [0.2, 0.25) is 5.95 Å². The molecule has 5 rings (SSSR count). The van der Waals surface area contributed by atoms with Crippen molar-refractivity contribution >= 4 is 33.7 Å². The average Bonchev–Trinajstić information content (AvgIpc) is 3.17. The van der Waals surface area contributed by atoms with E-state index in [2.05, 4.69) is 37.7 Å². The van der Waals surface area contributed by atoms with Crippen molar-refractivity contribution in [2.75, 3.05) is 11.5 Å². The molecule has 0 atom stereocenters. The van der Waals surface area contributed by atoms with Crippen LogP contribution in [0.25, 0.3) is 33.1 Å². The lowest BCUT2D eigenvalue weighted by atomic mass is 9.99. The first kappa shape index (κ1) is 17.6. The Morgan fingerprint density at radius 1 is 0.933 bits per heavy atom. The summed E-state index contributed by atoms with van der Waals surface area (Å²) in [4.78, 5) is 12.9. The number of nitrogens with zero attached hydrogens (tertiary/aromatic N) is 5. The second-order valence-corrected chi connectivity index (χ2v) is 7.02. The molecule has 0 bridgehead atoms. The van der Waals surface area contributed by atoms with Gasteiger partial charge < -0.3 is 16.0 Å². The highest BCUT2D eigenvalue weighted by atomic mass is 15.1. The lowest BCUT2D eigenvalue weighted by Gasteiger charge is -2.09. The maximum absolute atomic E-state index is 9.33. The topological polar surface area (TPSA) is 119 Å². The summed E-state index contributed by atoms with van der Waals surface area (Å²) in [6, 6.07) is 20.0. The molecule has 0 radical (unpaired) electrons. The first-order chi connectivity index (χ1) is 14.6. The molecule has 3 aromatic heterocycles. The van der Waals surface area contributed by atoms with Crippen LogP contribution in [0.3, 0.4) is 0 Å². The van der Waals surface area contributed by atoms with Gasteiger partial charge in [0.15, 0.2) is 0 Å². The molecule has 144 valence electrons. The van der Waals surface area contributed by atoms with Crippen LogP contribution in [0.15, 0.2) is 67.0 Å². The molecule has 3 heterocycles. The van der Waals surface area contributed by atoms with Crippen molar-refractivity contribution in [3.05, 3.63) is 78.1 Å². The van der Waals surface area contributed by atoms with Gasteiger partial charge in [0, 0.05) is 24.3 Å². The third-order valence-corrected chi connectivity index (χ3v) is 5.16. The van der Waals surface area contributed by atoms with Crippen LogP contribution < -0.4 is 11.5 Å². The van der Waals surface area contributed by atoms with Crippen LogP contribution in [0.1, 0.15) is 11.1 Å². The van der Waals surface area contributed by atoms with Gasteiger partial charge in [-0.15, -0.1) is 0 Å². The van der Waals surface area contributed by atoms with Crippen molar-refractivity contribution in [2.24, 2.45) is 0 Å². The second kappa shape index (κ2) is 6.87. The second-order valence-electron chi connectivity index (χ2n) is 7.02. The van der Waals surface area contributed by atoms with E-state index in [0.717, 1.165) is 27.7 Å². The van der Waals surface area contributed by atoms with Gasteiger partial charge in [0.05, 0.1) is 22.5 Å². The summed E-state index contributed by atoms with van der Waals surface area (Å²) in [7, 11) is 0. The summed E-state index contributed by atoms with van der Waals surface area (Å²) >= 11 is 0. The van der Waals surface area contributed by atoms with E-state index in [0.29, 0.717) is 28.8 Å². The van der Waals surface area contributed by atoms with Crippen molar-refractivity contribution in [1.82, 2.24) is 19.5 Å². The maximum atomic E-state index is 9.33. The molecule has 30 heavy (non-hydrogen) atoms. The van der Waals surface area contributed by atoms with E-state index in [4.69, 9.17) is 11.5 Å². The lowest BCUT2D eigenvalue weighted by Crippen LogP contribution is -2.02. The molecule has 0 aliphatic carbocycles. The first-order valence-electron chi connectivity index (χ1n) is 9.39. The number of aromatic nitrogens is 4. The standard InChI is InChI=1S/C23H17N7/c24-11-16-3-1-2-4-17(16)15-7-5-14(6-8-15)13-30-10-9-18-20-19(12-27-22(18)30)21(25)29-23(26)28-20/h1-10,12H,13H2,(H4,25,26,28,29). The van der Waals surface area contributed by atoms with Crippen molar-refractivity contribution in [1.29, 1.82) is 5.26 Å². The van der Waals surface area contributed by atoms with Gasteiger partial charge in [-0.3, -0.25) is 0 Å². The highest BCUT2D eigenvalue weighted by Crippen LogP contribution is 2.27. The SMILES string of the molecule is N#Cc1ccccc1-c1ccc(Cn2ccc3c4nc(N)nc(N)c4cnc32)cc1. The number of fused-ring (bicyclic) bond motifs is 3. The Labute approximate surface area is 172 Å². The first-order valence-corrected chi connectivity index (χ1v) is 9.39. The summed E-state index contributed by atoms with van der Waals surface area (Å²) in [5.74, 6) is 0.473. The van der Waals surface area contributed by atoms with Crippen LogP contribution >= 0.6 is 0 Å². The average molecular weight is 391 g/mol. The molecular formula is C23H17N7. The Morgan fingerprint density at radius 2 is 1.73 bits per heavy atom. The summed E-state index contributed by atoms with van der Waals surface area (Å²) in [6.45, 7) is 0.651. The van der Waals surface area contributed by atoms with Gasteiger partial charge in [0.25, 0.3) is 0 Å². The van der Waals surface area contributed by atoms with Gasteiger partial charge >= 0.3 is 0 Å². The number of hydrogen-bond acceptors (Lipinski definition) is 6. The molecule has 5 aromatic rings. The van der Waals surface area contributed by atoms with Crippen LogP contribution in [-0.4, -0.2) is 19.5 Å². The third-order valence-electron chi connectivity index (χ3n) is 5.16. The zero-order valence-corrected chi connectivity index (χ0v) is 15.9. The Morgan fingerprint density at radius 3 is 2.53 bits per heavy atom. The molecular weight excluding hydrogens is 374 g/mol. The minimum Gasteiger partial charge on any atom is -0.383 e. The number of pyridine rings is 1. The minimum absolute atomic E-state index is 0.147. The summed E-state index contributed by atoms with van der Waals surface area (Å²) in [5, 5.41) is 10.9. The van der Waals surface area contributed by atoms with E-state index in [9.17, 15) is 5.26 Å². The van der Waals surface area contributed by atoms with E-state index in [1.54, 1.807) is 6.20 Å². The van der Waals surface area contributed by atoms with Crippen molar-refractivity contribution < 1.29 is 0 Å². The number of nitrogens with two attached hydrogens (primary N) is 2. The number of rotatable bonds is 3. The molecule has 0 aliphatic rings. The smallest absolute Gasteiger partial charge is 0.222 e. The molecule has 0 saturated heterocycles. The van der Waals surface area contributed by atoms with Gasteiger partial charge in [-0.1, -0.05) is 42.5 Å². The minimum atomic E-state index is 0.147. The molecule has 0 unspecified atom stereocenters. The van der Waals surface area contributed by atoms with Gasteiger partial charge in [0.1, 0.15) is 11.5 Å². The molecule has 7 nitrogen and oxygen atoms in total. The quantitative estimate of drug-likeness (QED) is 0.483. The summed E-state index contributed by atoms with van der Waals surface area (Å²) < 4.78 is 2.06. The summed E-state index contributed by atoms with van der Waals surface area (Å²) in [6.07, 6.45) is 3.66. The van der Waals surface area contributed by atoms with Crippen LogP contribution in [0.4, 0.5) is 11.8 Å². The number of hydrogen-bond donors (Lipinski definition) is 2. The van der Waals surface area contributed by atoms with Crippen LogP contribution in [0.5, 0.6) is 0 Å². The molecule has 0 aliphatic heterocycles. The summed E-state index contributed by atoms with van der Waals surface area (Å²) in [5.41, 5.74) is 17.0. The normalized spacial score (nSPS) is 11.0. The molecule has 0 amide bonds. The molecule has 0 fully saturated rings. The van der Waals surface area contributed by atoms with Crippen molar-refractivity contribution in [3.8, 4) is 17.2 Å². The van der Waals surface area contributed by atoms with Crippen LogP contribution in [0.2, 0.25) is 0 Å². The monoisotopic (exact) mass is 391 g/mol. The van der Waals surface area contributed by atoms with Crippen molar-refractivity contribution in [3.63, 3.8) is 0 Å². The van der Waals surface area contributed by atoms with Gasteiger partial charge in [-0.2, -0.15) is 10.2 Å². The molecule has 7 heteroatoms. The maximum Gasteiger partial charge on any atom is 0.222 e. The van der Waals surface area contributed by atoms with E-state index < -0.39 is 0 Å². The van der Waals surface area contributed by atoms with Crippen LogP contribution in [0, 0.1) is 11.3 Å². The zero-order chi connectivity index (χ0) is 20.7. The molecule has 0 spiro atoms. The largest absolute Gasteiger partial charge is 0.383 e. The fourth-order valence-corrected chi connectivity index (χ4v) is 3.70. The predicted molar refractivity (Wildman–Crippen MR) is 117 cm³/mol. The van der Waals surface area contributed by atoms with Gasteiger partial charge in [-0.05, 0) is 28.8 Å². The van der Waals surface area contributed by atoms with E-state index >= 15 is 0 Å². The van der Waals surface area contributed by atoms with Crippen LogP contribution in [-0.2, 0) is 6.54 Å². The molecule has 2 aromatic carbocycles. The van der Waals surface area contributed by atoms with E-state index in [1.807, 2.05) is 48.7 Å². The fraction of sp³-hybridized carbons (Fsp3) is 0.0435.